The van der Waals surface area contributed by atoms with Crippen LogP contribution in [0.4, 0.5) is 0 Å². The number of likely N-dealkylation sites (tertiary alicyclic amines) is 1. The first-order chi connectivity index (χ1) is 12.1. The molecule has 1 fully saturated rings. The number of carboxylic acid groups (broad SMARTS) is 1. The van der Waals surface area contributed by atoms with Crippen LogP contribution in [-0.4, -0.2) is 44.7 Å². The molecule has 0 radical (unpaired) electrons. The van der Waals surface area contributed by atoms with Gasteiger partial charge in [-0.3, -0.25) is 9.69 Å². The van der Waals surface area contributed by atoms with Gasteiger partial charge in [-0.1, -0.05) is 36.4 Å². The lowest BCUT2D eigenvalue weighted by Crippen LogP contribution is -2.32. The number of carboxylic acids is 1. The summed E-state index contributed by atoms with van der Waals surface area (Å²) in [5.74, 6) is -0.702. The zero-order chi connectivity index (χ0) is 17.6. The molecule has 0 spiro atoms. The van der Waals surface area contributed by atoms with Crippen LogP contribution in [-0.2, 0) is 11.8 Å². The van der Waals surface area contributed by atoms with Crippen LogP contribution in [0.25, 0.3) is 5.57 Å². The molecule has 0 bridgehead atoms. The first-order valence-corrected chi connectivity index (χ1v) is 8.83. The second-order valence-corrected chi connectivity index (χ2v) is 6.59. The van der Waals surface area contributed by atoms with Gasteiger partial charge in [0.25, 0.3) is 0 Å². The molecule has 1 aliphatic heterocycles. The summed E-state index contributed by atoms with van der Waals surface area (Å²) in [7, 11) is 2.00. The van der Waals surface area contributed by atoms with E-state index in [9.17, 15) is 4.79 Å². The Hall–Kier alpha value is -2.40. The molecule has 1 N–H and O–H groups in total. The van der Waals surface area contributed by atoms with Crippen LogP contribution in [0.1, 0.15) is 36.9 Å². The Kier molecular flexibility index (Phi) is 5.66. The molecule has 132 valence electrons. The van der Waals surface area contributed by atoms with E-state index >= 15 is 0 Å². The average Bonchev–Trinajstić information content (AvgIpc) is 3.21. The molecule has 1 aliphatic rings. The van der Waals surface area contributed by atoms with Crippen molar-refractivity contribution in [3.63, 3.8) is 0 Å². The smallest absolute Gasteiger partial charge is 0.304 e. The number of aliphatic carboxylic acids is 1. The van der Waals surface area contributed by atoms with Crippen molar-refractivity contribution in [2.24, 2.45) is 7.05 Å². The molecule has 0 unspecified atom stereocenters. The summed E-state index contributed by atoms with van der Waals surface area (Å²) < 4.78 is 2.03. The summed E-state index contributed by atoms with van der Waals surface area (Å²) in [4.78, 5) is 17.6. The second-order valence-electron chi connectivity index (χ2n) is 6.59. The Morgan fingerprint density at radius 1 is 1.36 bits per heavy atom. The van der Waals surface area contributed by atoms with Crippen molar-refractivity contribution < 1.29 is 9.90 Å². The van der Waals surface area contributed by atoms with Crippen LogP contribution in [0.2, 0.25) is 0 Å². The van der Waals surface area contributed by atoms with Crippen molar-refractivity contribution in [3.05, 3.63) is 60.2 Å². The van der Waals surface area contributed by atoms with E-state index < -0.39 is 5.97 Å². The molecular weight excluding hydrogens is 314 g/mol. The third-order valence-electron chi connectivity index (χ3n) is 4.85. The molecule has 5 nitrogen and oxygen atoms in total. The molecule has 1 aromatic heterocycles. The number of nitrogens with zero attached hydrogens (tertiary/aromatic N) is 3. The highest BCUT2D eigenvalue weighted by Crippen LogP contribution is 2.25. The first-order valence-electron chi connectivity index (χ1n) is 8.83. The van der Waals surface area contributed by atoms with Crippen LogP contribution >= 0.6 is 0 Å². The van der Waals surface area contributed by atoms with Gasteiger partial charge in [-0.25, -0.2) is 4.98 Å². The third kappa shape index (κ3) is 4.37. The highest BCUT2D eigenvalue weighted by Gasteiger charge is 2.25. The van der Waals surface area contributed by atoms with Gasteiger partial charge < -0.3 is 9.67 Å². The van der Waals surface area contributed by atoms with E-state index in [-0.39, 0.29) is 12.5 Å². The summed E-state index contributed by atoms with van der Waals surface area (Å²) in [5, 5.41) is 9.06. The minimum atomic E-state index is -0.702. The van der Waals surface area contributed by atoms with Gasteiger partial charge in [-0.05, 0) is 31.4 Å². The first kappa shape index (κ1) is 17.4. The highest BCUT2D eigenvalue weighted by molar-refractivity contribution is 5.77. The van der Waals surface area contributed by atoms with Crippen LogP contribution < -0.4 is 0 Å². The Labute approximate surface area is 148 Å². The van der Waals surface area contributed by atoms with Gasteiger partial charge in [-0.15, -0.1) is 0 Å². The van der Waals surface area contributed by atoms with Crippen molar-refractivity contribution >= 4 is 11.5 Å². The fourth-order valence-electron chi connectivity index (χ4n) is 3.60. The lowest BCUT2D eigenvalue weighted by Gasteiger charge is -2.22. The number of hydrogen-bond donors (Lipinski definition) is 1. The lowest BCUT2D eigenvalue weighted by atomic mass is 10.0. The van der Waals surface area contributed by atoms with Crippen LogP contribution in [0, 0.1) is 0 Å². The summed E-state index contributed by atoms with van der Waals surface area (Å²) in [6.07, 6.45) is 9.18. The SMILES string of the molecule is Cn1cncc1C(=CCCN1CCC[C@H]1CC(=O)O)c1ccccc1. The van der Waals surface area contributed by atoms with Crippen LogP contribution in [0.5, 0.6) is 0 Å². The normalized spacial score (nSPS) is 18.6. The number of hydrogen-bond acceptors (Lipinski definition) is 3. The molecule has 2 aromatic rings. The summed E-state index contributed by atoms with van der Waals surface area (Å²) in [6, 6.07) is 10.5. The molecule has 0 amide bonds. The number of imidazole rings is 1. The van der Waals surface area contributed by atoms with E-state index in [2.05, 4.69) is 28.1 Å². The van der Waals surface area contributed by atoms with E-state index in [4.69, 9.17) is 5.11 Å². The average molecular weight is 339 g/mol. The molecule has 0 aliphatic carbocycles. The second kappa shape index (κ2) is 8.12. The molecule has 1 aromatic carbocycles. The fourth-order valence-corrected chi connectivity index (χ4v) is 3.60. The number of aryl methyl sites for hydroxylation is 1. The minimum absolute atomic E-state index is 0.183. The van der Waals surface area contributed by atoms with Gasteiger partial charge in [0, 0.05) is 25.2 Å². The van der Waals surface area contributed by atoms with E-state index in [0.717, 1.165) is 38.0 Å². The zero-order valence-corrected chi connectivity index (χ0v) is 14.6. The Morgan fingerprint density at radius 2 is 2.16 bits per heavy atom. The number of aromatic nitrogens is 2. The Morgan fingerprint density at radius 3 is 2.84 bits per heavy atom. The molecule has 25 heavy (non-hydrogen) atoms. The summed E-state index contributed by atoms with van der Waals surface area (Å²) in [6.45, 7) is 1.89. The Bertz CT molecular complexity index is 736. The van der Waals surface area contributed by atoms with Crippen molar-refractivity contribution in [3.8, 4) is 0 Å². The van der Waals surface area contributed by atoms with Gasteiger partial charge >= 0.3 is 5.97 Å². The summed E-state index contributed by atoms with van der Waals surface area (Å²) in [5.41, 5.74) is 3.44. The van der Waals surface area contributed by atoms with E-state index in [1.165, 1.54) is 11.1 Å². The van der Waals surface area contributed by atoms with Crippen molar-refractivity contribution in [1.82, 2.24) is 14.5 Å². The predicted octanol–water partition coefficient (Wildman–Crippen LogP) is 3.18. The quantitative estimate of drug-likeness (QED) is 0.842. The van der Waals surface area contributed by atoms with Gasteiger partial charge in [0.1, 0.15) is 0 Å². The van der Waals surface area contributed by atoms with Crippen molar-refractivity contribution in [2.75, 3.05) is 13.1 Å². The molecule has 3 rings (SSSR count). The summed E-state index contributed by atoms with van der Waals surface area (Å²) >= 11 is 0. The maximum absolute atomic E-state index is 11.0. The molecule has 5 heteroatoms. The molecular formula is C20H25N3O2. The maximum Gasteiger partial charge on any atom is 0.304 e. The van der Waals surface area contributed by atoms with E-state index in [0.29, 0.717) is 0 Å². The molecule has 1 saturated heterocycles. The van der Waals surface area contributed by atoms with E-state index in [1.807, 2.05) is 42.3 Å². The largest absolute Gasteiger partial charge is 0.481 e. The molecule has 0 saturated carbocycles. The van der Waals surface area contributed by atoms with E-state index in [1.54, 1.807) is 0 Å². The molecule has 1 atom stereocenters. The van der Waals surface area contributed by atoms with Crippen molar-refractivity contribution in [2.45, 2.75) is 31.7 Å². The number of benzene rings is 1. The van der Waals surface area contributed by atoms with Crippen molar-refractivity contribution in [1.29, 1.82) is 0 Å². The maximum atomic E-state index is 11.0. The molecule has 2 heterocycles. The third-order valence-corrected chi connectivity index (χ3v) is 4.85. The Balaban J connectivity index is 1.74. The van der Waals surface area contributed by atoms with Gasteiger partial charge in [0.05, 0.1) is 24.6 Å². The lowest BCUT2D eigenvalue weighted by molar-refractivity contribution is -0.138. The van der Waals surface area contributed by atoms with Gasteiger partial charge in [0.2, 0.25) is 0 Å². The topological polar surface area (TPSA) is 58.4 Å². The monoisotopic (exact) mass is 339 g/mol. The standard InChI is InChI=1S/C20H25N3O2/c1-22-15-21-14-19(22)18(16-7-3-2-4-8-16)10-6-12-23-11-5-9-17(23)13-20(24)25/h2-4,7-8,10,14-15,17H,5-6,9,11-13H2,1H3,(H,24,25)/t17-/m0/s1. The predicted molar refractivity (Wildman–Crippen MR) is 98.2 cm³/mol. The highest BCUT2D eigenvalue weighted by atomic mass is 16.4. The van der Waals surface area contributed by atoms with Gasteiger partial charge in [0.15, 0.2) is 0 Å². The minimum Gasteiger partial charge on any atom is -0.481 e. The number of rotatable bonds is 7. The van der Waals surface area contributed by atoms with Crippen LogP contribution in [0.15, 0.2) is 48.9 Å². The van der Waals surface area contributed by atoms with Gasteiger partial charge in [-0.2, -0.15) is 0 Å². The number of carbonyl (C=O) groups is 1. The van der Waals surface area contributed by atoms with Crippen LogP contribution in [0.3, 0.4) is 0 Å². The zero-order valence-electron chi connectivity index (χ0n) is 14.6. The fraction of sp³-hybridized carbons (Fsp3) is 0.400.